The van der Waals surface area contributed by atoms with E-state index in [1.807, 2.05) is 49.3 Å². The monoisotopic (exact) mass is 522 g/mol. The summed E-state index contributed by atoms with van der Waals surface area (Å²) >= 11 is 12.4. The number of aliphatic imine (C=N–C) groups is 1. The van der Waals surface area contributed by atoms with Gasteiger partial charge in [0.15, 0.2) is 0 Å². The lowest BCUT2D eigenvalue weighted by Gasteiger charge is -2.31. The Kier molecular flexibility index (Phi) is 8.07. The minimum absolute atomic E-state index is 0.328. The summed E-state index contributed by atoms with van der Waals surface area (Å²) in [7, 11) is 1.84. The van der Waals surface area contributed by atoms with E-state index in [-0.39, 0.29) is 5.37 Å². The Morgan fingerprint density at radius 1 is 0.943 bits per heavy atom. The van der Waals surface area contributed by atoms with Crippen LogP contribution in [0.5, 0.6) is 0 Å². The molecule has 1 atom stereocenters. The molecule has 0 radical (unpaired) electrons. The molecule has 3 aromatic carbocycles. The van der Waals surface area contributed by atoms with Gasteiger partial charge in [-0.3, -0.25) is 5.01 Å². The lowest BCUT2D eigenvalue weighted by molar-refractivity contribution is 0.323. The van der Waals surface area contributed by atoms with Gasteiger partial charge in [0.05, 0.1) is 0 Å². The van der Waals surface area contributed by atoms with Crippen molar-refractivity contribution >= 4 is 52.3 Å². The highest BCUT2D eigenvalue weighted by molar-refractivity contribution is 7.80. The first-order valence-corrected chi connectivity index (χ1v) is 12.8. The molecule has 2 N–H and O–H groups in total. The van der Waals surface area contributed by atoms with E-state index in [0.29, 0.717) is 11.1 Å². The fourth-order valence-corrected chi connectivity index (χ4v) is 4.58. The van der Waals surface area contributed by atoms with Crippen LogP contribution in [0.15, 0.2) is 71.7 Å². The number of nitrogens with zero attached hydrogens (tertiary/aromatic N) is 4. The zero-order chi connectivity index (χ0) is 24.9. The van der Waals surface area contributed by atoms with E-state index >= 15 is 0 Å². The summed E-state index contributed by atoms with van der Waals surface area (Å²) in [6.45, 7) is 6.09. The number of aryl methyl sites for hydroxylation is 3. The summed E-state index contributed by atoms with van der Waals surface area (Å²) in [5.74, 6) is 0.564. The van der Waals surface area contributed by atoms with Crippen molar-refractivity contribution in [2.75, 3.05) is 12.4 Å². The van der Waals surface area contributed by atoms with Crippen molar-refractivity contribution in [3.05, 3.63) is 93.5 Å². The van der Waals surface area contributed by atoms with Crippen LogP contribution < -0.4 is 10.7 Å². The van der Waals surface area contributed by atoms with E-state index in [0.717, 1.165) is 32.4 Å². The number of benzene rings is 3. The molecule has 9 heteroatoms. The van der Waals surface area contributed by atoms with Crippen LogP contribution in [0.1, 0.15) is 27.1 Å². The average Bonchev–Trinajstić information content (AvgIpc) is 3.27. The number of nitrogens with one attached hydrogen (secondary N) is 2. The number of hydrogen-bond acceptors (Lipinski definition) is 6. The van der Waals surface area contributed by atoms with E-state index in [1.165, 1.54) is 22.5 Å². The van der Waals surface area contributed by atoms with Crippen LogP contribution in [0.3, 0.4) is 0 Å². The number of thiol groups is 1. The second-order valence-electron chi connectivity index (χ2n) is 8.06. The number of hydrogen-bond donors (Lipinski definition) is 3. The first-order valence-electron chi connectivity index (χ1n) is 11.1. The Labute approximate surface area is 220 Å². The molecule has 6 nitrogen and oxygen atoms in total. The summed E-state index contributed by atoms with van der Waals surface area (Å²) in [4.78, 5) is 4.77. The number of aromatic nitrogens is 2. The van der Waals surface area contributed by atoms with Crippen LogP contribution in [-0.4, -0.2) is 28.2 Å². The molecule has 4 rings (SSSR count). The quantitative estimate of drug-likeness (QED) is 0.0840. The lowest BCUT2D eigenvalue weighted by Crippen LogP contribution is -2.45. The van der Waals surface area contributed by atoms with Crippen LogP contribution in [0.25, 0.3) is 11.1 Å². The molecule has 35 heavy (non-hydrogen) atoms. The Morgan fingerprint density at radius 3 is 2.17 bits per heavy atom. The van der Waals surface area contributed by atoms with Gasteiger partial charge >= 0.3 is 0 Å². The predicted octanol–water partition coefficient (Wildman–Crippen LogP) is 6.95. The summed E-state index contributed by atoms with van der Waals surface area (Å²) in [5, 5.41) is 15.4. The summed E-state index contributed by atoms with van der Waals surface area (Å²) in [6.07, 6.45) is 0. The first-order chi connectivity index (χ1) is 16.8. The van der Waals surface area contributed by atoms with E-state index in [9.17, 15) is 0 Å². The normalized spacial score (nSPS) is 12.5. The largest absolute Gasteiger partial charge is 0.325 e. The fraction of sp³-hybridized carbons (Fsp3) is 0.192. The zero-order valence-electron chi connectivity index (χ0n) is 20.0. The third-order valence-corrected chi connectivity index (χ3v) is 7.09. The molecule has 1 unspecified atom stereocenters. The van der Waals surface area contributed by atoms with E-state index in [2.05, 4.69) is 71.2 Å². The molecular weight excluding hydrogens is 496 g/mol. The maximum Gasteiger partial charge on any atom is 0.234 e. The predicted molar refractivity (Wildman–Crippen MR) is 151 cm³/mol. The van der Waals surface area contributed by atoms with Gasteiger partial charge in [-0.05, 0) is 72.9 Å². The third-order valence-electron chi connectivity index (χ3n) is 5.58. The molecule has 4 aromatic rings. The van der Waals surface area contributed by atoms with Crippen molar-refractivity contribution in [1.29, 1.82) is 0 Å². The molecule has 0 saturated heterocycles. The van der Waals surface area contributed by atoms with Gasteiger partial charge in [0, 0.05) is 17.8 Å². The van der Waals surface area contributed by atoms with Crippen LogP contribution in [0.2, 0.25) is 5.02 Å². The molecule has 180 valence electrons. The number of anilines is 1. The SMILES string of the molecule is CNN(/C(=N/c1nnc(C)s1)Nc1ccc(C)c(C)c1)C(S)c1ccc(-c2ccc(Cl)cc2)cc1. The second kappa shape index (κ2) is 11.2. The Morgan fingerprint density at radius 2 is 1.60 bits per heavy atom. The summed E-state index contributed by atoms with van der Waals surface area (Å²) < 4.78 is 0. The highest BCUT2D eigenvalue weighted by atomic mass is 35.5. The van der Waals surface area contributed by atoms with Gasteiger partial charge < -0.3 is 5.32 Å². The molecule has 0 amide bonds. The average molecular weight is 523 g/mol. The standard InChI is InChI=1S/C26H27ClN6S2/c1-16-5-14-23(15-17(16)2)29-25(30-26-32-31-18(3)35-26)33(28-4)24(34)21-8-6-19(7-9-21)20-10-12-22(27)13-11-20/h5-15,24,28,34H,1-4H3,(H,29,30,32). The van der Waals surface area contributed by atoms with Crippen LogP contribution >= 0.6 is 35.6 Å². The van der Waals surface area contributed by atoms with Crippen molar-refractivity contribution in [1.82, 2.24) is 20.6 Å². The minimum Gasteiger partial charge on any atom is -0.325 e. The Hall–Kier alpha value is -2.91. The molecular formula is C26H27ClN6S2. The summed E-state index contributed by atoms with van der Waals surface area (Å²) in [6, 6.07) is 22.3. The molecule has 0 spiro atoms. The van der Waals surface area contributed by atoms with Gasteiger partial charge in [-0.2, -0.15) is 4.99 Å². The minimum atomic E-state index is -0.328. The number of hydrazine groups is 1. The molecule has 0 bridgehead atoms. The van der Waals surface area contributed by atoms with E-state index < -0.39 is 0 Å². The van der Waals surface area contributed by atoms with Crippen LogP contribution in [0, 0.1) is 20.8 Å². The smallest absolute Gasteiger partial charge is 0.234 e. The van der Waals surface area contributed by atoms with Gasteiger partial charge in [-0.1, -0.05) is 65.4 Å². The van der Waals surface area contributed by atoms with Gasteiger partial charge in [-0.25, -0.2) is 5.43 Å². The fourth-order valence-electron chi connectivity index (χ4n) is 3.50. The zero-order valence-corrected chi connectivity index (χ0v) is 22.4. The van der Waals surface area contributed by atoms with Gasteiger partial charge in [-0.15, -0.1) is 22.8 Å². The lowest BCUT2D eigenvalue weighted by atomic mass is 10.0. The number of halogens is 1. The molecule has 0 aliphatic heterocycles. The van der Waals surface area contributed by atoms with Crippen LogP contribution in [0.4, 0.5) is 10.8 Å². The molecule has 0 fully saturated rings. The first kappa shape index (κ1) is 25.2. The Balaban J connectivity index is 1.64. The maximum absolute atomic E-state index is 6.03. The van der Waals surface area contributed by atoms with E-state index in [4.69, 9.17) is 29.2 Å². The van der Waals surface area contributed by atoms with Crippen molar-refractivity contribution in [2.45, 2.75) is 26.1 Å². The molecule has 0 aliphatic carbocycles. The maximum atomic E-state index is 6.03. The number of guanidine groups is 1. The number of rotatable bonds is 6. The third kappa shape index (κ3) is 6.21. The van der Waals surface area contributed by atoms with Crippen molar-refractivity contribution in [2.24, 2.45) is 4.99 Å². The Bertz CT molecular complexity index is 1320. The van der Waals surface area contributed by atoms with Crippen LogP contribution in [-0.2, 0) is 0 Å². The van der Waals surface area contributed by atoms with Gasteiger partial charge in [0.2, 0.25) is 11.1 Å². The van der Waals surface area contributed by atoms with E-state index in [1.54, 1.807) is 0 Å². The summed E-state index contributed by atoms with van der Waals surface area (Å²) in [5.41, 5.74) is 9.79. The highest BCUT2D eigenvalue weighted by Gasteiger charge is 2.21. The van der Waals surface area contributed by atoms with Crippen molar-refractivity contribution in [3.63, 3.8) is 0 Å². The molecule has 0 aliphatic rings. The van der Waals surface area contributed by atoms with Crippen molar-refractivity contribution < 1.29 is 0 Å². The molecule has 1 aromatic heterocycles. The van der Waals surface area contributed by atoms with Gasteiger partial charge in [0.25, 0.3) is 0 Å². The van der Waals surface area contributed by atoms with Crippen molar-refractivity contribution in [3.8, 4) is 11.1 Å². The second-order valence-corrected chi connectivity index (χ2v) is 10.1. The molecule has 1 heterocycles. The molecule has 0 saturated carbocycles. The van der Waals surface area contributed by atoms with Gasteiger partial charge in [0.1, 0.15) is 10.4 Å². The topological polar surface area (TPSA) is 65.4 Å². The highest BCUT2D eigenvalue weighted by Crippen LogP contribution is 2.29.